The first-order chi connectivity index (χ1) is 13.2. The Balaban J connectivity index is 0.00000280. The number of amides is 1. The van der Waals surface area contributed by atoms with Gasteiger partial charge in [-0.05, 0) is 37.1 Å². The molecule has 0 unspecified atom stereocenters. The first-order valence-corrected chi connectivity index (χ1v) is 9.58. The van der Waals surface area contributed by atoms with Crippen LogP contribution in [0.2, 0.25) is 0 Å². The summed E-state index contributed by atoms with van der Waals surface area (Å²) in [6.07, 6.45) is 0. The molecule has 3 rings (SSSR count). The molecule has 1 heterocycles. The van der Waals surface area contributed by atoms with Crippen LogP contribution in [0.1, 0.15) is 28.8 Å². The van der Waals surface area contributed by atoms with Crippen LogP contribution >= 0.6 is 12.4 Å². The monoisotopic (exact) mass is 404 g/mol. The number of halogens is 1. The molecule has 0 aromatic heterocycles. The molecule has 1 fully saturated rings. The van der Waals surface area contributed by atoms with Crippen LogP contribution in [0.3, 0.4) is 0 Å². The minimum atomic E-state index is -0.00103. The Kier molecular flexibility index (Phi) is 8.77. The third-order valence-corrected chi connectivity index (χ3v) is 5.07. The molecule has 0 spiro atoms. The molecule has 0 bridgehead atoms. The van der Waals surface area contributed by atoms with Gasteiger partial charge in [0.05, 0.1) is 12.2 Å². The zero-order chi connectivity index (χ0) is 19.1. The van der Waals surface area contributed by atoms with Gasteiger partial charge < -0.3 is 20.1 Å². The van der Waals surface area contributed by atoms with Gasteiger partial charge in [-0.15, -0.1) is 12.4 Å². The number of carbonyl (C=O) groups excluding carboxylic acids is 1. The van der Waals surface area contributed by atoms with Gasteiger partial charge in [0.1, 0.15) is 12.4 Å². The van der Waals surface area contributed by atoms with Crippen LogP contribution in [0.5, 0.6) is 5.75 Å². The summed E-state index contributed by atoms with van der Waals surface area (Å²) in [6, 6.07) is 17.7. The Morgan fingerprint density at radius 2 is 1.79 bits per heavy atom. The number of para-hydroxylation sites is 1. The molecule has 28 heavy (non-hydrogen) atoms. The van der Waals surface area contributed by atoms with Gasteiger partial charge in [0.25, 0.3) is 5.91 Å². The molecule has 2 N–H and O–H groups in total. The van der Waals surface area contributed by atoms with Gasteiger partial charge in [-0.2, -0.15) is 0 Å². The largest absolute Gasteiger partial charge is 0.490 e. The number of ether oxygens (including phenoxy) is 2. The molecule has 6 heteroatoms. The normalized spacial score (nSPS) is 18.6. The summed E-state index contributed by atoms with van der Waals surface area (Å²) in [6.45, 7) is 5.45. The highest BCUT2D eigenvalue weighted by Gasteiger charge is 2.36. The maximum absolute atomic E-state index is 13.2. The van der Waals surface area contributed by atoms with Gasteiger partial charge in [0.2, 0.25) is 0 Å². The number of nitrogens with two attached hydrogens (primary N) is 1. The van der Waals surface area contributed by atoms with E-state index in [1.807, 2.05) is 54.3 Å². The molecule has 2 aromatic carbocycles. The van der Waals surface area contributed by atoms with Crippen LogP contribution in [0.4, 0.5) is 0 Å². The first kappa shape index (κ1) is 22.2. The molecule has 1 aliphatic rings. The lowest BCUT2D eigenvalue weighted by molar-refractivity contribution is 0.0775. The summed E-state index contributed by atoms with van der Waals surface area (Å²) >= 11 is 0. The van der Waals surface area contributed by atoms with Crippen molar-refractivity contribution < 1.29 is 14.3 Å². The van der Waals surface area contributed by atoms with Gasteiger partial charge in [-0.3, -0.25) is 4.79 Å². The topological polar surface area (TPSA) is 64.8 Å². The van der Waals surface area contributed by atoms with Gasteiger partial charge >= 0.3 is 0 Å². The Morgan fingerprint density at radius 1 is 1.07 bits per heavy atom. The SMILES string of the molecule is CCOCCOc1ccccc1C(=O)N1C[C@@H](CN)[C@H](c2ccccc2)C1.Cl. The average Bonchev–Trinajstić information content (AvgIpc) is 3.16. The van der Waals surface area contributed by atoms with Crippen molar-refractivity contribution in [1.82, 2.24) is 4.90 Å². The van der Waals surface area contributed by atoms with Crippen molar-refractivity contribution in [2.75, 3.05) is 39.5 Å². The molecule has 2 aromatic rings. The van der Waals surface area contributed by atoms with E-state index in [0.717, 1.165) is 0 Å². The smallest absolute Gasteiger partial charge is 0.257 e. The molecule has 1 amide bonds. The fraction of sp³-hybridized carbons (Fsp3) is 0.409. The lowest BCUT2D eigenvalue weighted by Crippen LogP contribution is -2.30. The van der Waals surface area contributed by atoms with E-state index in [9.17, 15) is 4.79 Å². The zero-order valence-corrected chi connectivity index (χ0v) is 17.1. The predicted molar refractivity (Wildman–Crippen MR) is 113 cm³/mol. The predicted octanol–water partition coefficient (Wildman–Crippen LogP) is 3.34. The number of likely N-dealkylation sites (tertiary alicyclic amines) is 1. The molecule has 1 saturated heterocycles. The van der Waals surface area contributed by atoms with Crippen molar-refractivity contribution in [3.05, 3.63) is 65.7 Å². The zero-order valence-electron chi connectivity index (χ0n) is 16.3. The molecule has 0 saturated carbocycles. The number of hydrogen-bond donors (Lipinski definition) is 1. The molecule has 1 aliphatic heterocycles. The van der Waals surface area contributed by atoms with Crippen LogP contribution in [-0.2, 0) is 4.74 Å². The Morgan fingerprint density at radius 3 is 2.50 bits per heavy atom. The molecular formula is C22H29ClN2O3. The van der Waals surface area contributed by atoms with E-state index in [1.165, 1.54) is 5.56 Å². The highest BCUT2D eigenvalue weighted by molar-refractivity contribution is 5.97. The summed E-state index contributed by atoms with van der Waals surface area (Å²) < 4.78 is 11.1. The number of benzene rings is 2. The quantitative estimate of drug-likeness (QED) is 0.685. The van der Waals surface area contributed by atoms with Gasteiger partial charge in [-0.25, -0.2) is 0 Å². The molecule has 0 radical (unpaired) electrons. The minimum Gasteiger partial charge on any atom is -0.490 e. The number of hydrogen-bond acceptors (Lipinski definition) is 4. The van der Waals surface area contributed by atoms with Gasteiger partial charge in [0, 0.05) is 25.6 Å². The van der Waals surface area contributed by atoms with Crippen LogP contribution < -0.4 is 10.5 Å². The second kappa shape index (κ2) is 11.1. The van der Waals surface area contributed by atoms with Crippen molar-refractivity contribution in [2.45, 2.75) is 12.8 Å². The fourth-order valence-corrected chi connectivity index (χ4v) is 3.65. The van der Waals surface area contributed by atoms with E-state index in [1.54, 1.807) is 0 Å². The summed E-state index contributed by atoms with van der Waals surface area (Å²) in [4.78, 5) is 15.1. The summed E-state index contributed by atoms with van der Waals surface area (Å²) in [5.74, 6) is 1.14. The minimum absolute atomic E-state index is 0. The highest BCUT2D eigenvalue weighted by atomic mass is 35.5. The maximum atomic E-state index is 13.2. The summed E-state index contributed by atoms with van der Waals surface area (Å²) in [7, 11) is 0. The van der Waals surface area contributed by atoms with E-state index < -0.39 is 0 Å². The van der Waals surface area contributed by atoms with Crippen LogP contribution in [0.25, 0.3) is 0 Å². The number of nitrogens with zero attached hydrogens (tertiary/aromatic N) is 1. The van der Waals surface area contributed by atoms with Crippen molar-refractivity contribution in [2.24, 2.45) is 11.7 Å². The van der Waals surface area contributed by atoms with Gasteiger partial charge in [0.15, 0.2) is 0 Å². The van der Waals surface area contributed by atoms with E-state index in [2.05, 4.69) is 12.1 Å². The van der Waals surface area contributed by atoms with Crippen molar-refractivity contribution in [1.29, 1.82) is 0 Å². The van der Waals surface area contributed by atoms with Crippen molar-refractivity contribution in [3.63, 3.8) is 0 Å². The molecule has 152 valence electrons. The summed E-state index contributed by atoms with van der Waals surface area (Å²) in [5, 5.41) is 0. The van der Waals surface area contributed by atoms with E-state index in [0.29, 0.717) is 50.8 Å². The number of rotatable bonds is 8. The van der Waals surface area contributed by atoms with Crippen molar-refractivity contribution in [3.8, 4) is 5.75 Å². The fourth-order valence-electron chi connectivity index (χ4n) is 3.65. The average molecular weight is 405 g/mol. The molecular weight excluding hydrogens is 376 g/mol. The summed E-state index contributed by atoms with van der Waals surface area (Å²) in [5.41, 5.74) is 7.85. The highest BCUT2D eigenvalue weighted by Crippen LogP contribution is 2.33. The first-order valence-electron chi connectivity index (χ1n) is 9.58. The second-order valence-electron chi connectivity index (χ2n) is 6.76. The van der Waals surface area contributed by atoms with Crippen LogP contribution in [0.15, 0.2) is 54.6 Å². The standard InChI is InChI=1S/C22H28N2O3.ClH/c1-2-26-12-13-27-21-11-7-6-10-19(21)22(25)24-15-18(14-23)20(16-24)17-8-4-3-5-9-17;/h3-11,18,20H,2,12-16,23H2,1H3;1H/t18-,20+;/m1./s1. The maximum Gasteiger partial charge on any atom is 0.257 e. The third kappa shape index (κ3) is 5.25. The Hall–Kier alpha value is -2.08. The lowest BCUT2D eigenvalue weighted by atomic mass is 9.89. The van der Waals surface area contributed by atoms with Crippen molar-refractivity contribution >= 4 is 18.3 Å². The molecule has 5 nitrogen and oxygen atoms in total. The number of carbonyl (C=O) groups is 1. The van der Waals surface area contributed by atoms with E-state index in [-0.39, 0.29) is 30.2 Å². The third-order valence-electron chi connectivity index (χ3n) is 5.07. The Bertz CT molecular complexity index is 742. The molecule has 0 aliphatic carbocycles. The van der Waals surface area contributed by atoms with Gasteiger partial charge in [-0.1, -0.05) is 42.5 Å². The van der Waals surface area contributed by atoms with E-state index in [4.69, 9.17) is 15.2 Å². The van der Waals surface area contributed by atoms with Crippen LogP contribution in [0, 0.1) is 5.92 Å². The van der Waals surface area contributed by atoms with Crippen LogP contribution in [-0.4, -0.2) is 50.3 Å². The Labute approximate surface area is 173 Å². The van der Waals surface area contributed by atoms with E-state index >= 15 is 0 Å². The lowest BCUT2D eigenvalue weighted by Gasteiger charge is -2.19. The molecule has 2 atom stereocenters. The second-order valence-corrected chi connectivity index (χ2v) is 6.76.